The van der Waals surface area contributed by atoms with Crippen molar-refractivity contribution in [3.05, 3.63) is 0 Å². The topological polar surface area (TPSA) is 44.5 Å². The molecule has 0 saturated carbocycles. The Hall–Kier alpha value is -0.120. The number of hydrogen-bond donors (Lipinski definition) is 1. The van der Waals surface area contributed by atoms with Crippen molar-refractivity contribution < 1.29 is 9.78 Å². The third-order valence-corrected chi connectivity index (χ3v) is 0.648. The summed E-state index contributed by atoms with van der Waals surface area (Å²) in [6.07, 6.45) is 0. The summed E-state index contributed by atoms with van der Waals surface area (Å²) >= 11 is 0. The largest absolute Gasteiger partial charge is 0.324 e. The van der Waals surface area contributed by atoms with Gasteiger partial charge in [0.15, 0.2) is 0 Å². The molecule has 1 aliphatic heterocycles. The Balaban J connectivity index is 2.18. The monoisotopic (exact) mass is 89.0 g/mol. The van der Waals surface area contributed by atoms with Crippen molar-refractivity contribution in [2.24, 2.45) is 5.73 Å². The molecule has 1 aliphatic rings. The molecule has 0 aromatic rings. The van der Waals surface area contributed by atoms with Gasteiger partial charge in [0, 0.05) is 0 Å². The lowest BCUT2D eigenvalue weighted by molar-refractivity contribution is -0.248. The van der Waals surface area contributed by atoms with E-state index in [4.69, 9.17) is 5.73 Å². The van der Waals surface area contributed by atoms with E-state index in [1.54, 1.807) is 0 Å². The van der Waals surface area contributed by atoms with Crippen LogP contribution >= 0.6 is 0 Å². The summed E-state index contributed by atoms with van der Waals surface area (Å²) in [4.78, 5) is 8.86. The van der Waals surface area contributed by atoms with Crippen molar-refractivity contribution >= 4 is 0 Å². The van der Waals surface area contributed by atoms with Crippen LogP contribution in [0.25, 0.3) is 0 Å². The van der Waals surface area contributed by atoms with Crippen molar-refractivity contribution in [2.75, 3.05) is 13.2 Å². The van der Waals surface area contributed by atoms with Crippen molar-refractivity contribution in [2.45, 2.75) is 6.04 Å². The third-order valence-electron chi connectivity index (χ3n) is 0.648. The van der Waals surface area contributed by atoms with Crippen LogP contribution < -0.4 is 5.73 Å². The summed E-state index contributed by atoms with van der Waals surface area (Å²) in [6, 6.07) is 0.102. The highest BCUT2D eigenvalue weighted by Gasteiger charge is 2.09. The minimum absolute atomic E-state index is 0.102. The van der Waals surface area contributed by atoms with Crippen LogP contribution in [0.2, 0.25) is 0 Å². The van der Waals surface area contributed by atoms with Gasteiger partial charge in [0.05, 0.1) is 19.3 Å². The smallest absolute Gasteiger partial charge is 0.0997 e. The summed E-state index contributed by atoms with van der Waals surface area (Å²) in [5.74, 6) is 0. The highest BCUT2D eigenvalue weighted by molar-refractivity contribution is 4.58. The fourth-order valence-corrected chi connectivity index (χ4v) is 0.319. The average molecular weight is 89.1 g/mol. The lowest BCUT2D eigenvalue weighted by atomic mass is 10.4. The minimum atomic E-state index is 0.102. The molecular weight excluding hydrogens is 82.0 g/mol. The van der Waals surface area contributed by atoms with Crippen LogP contribution in [0.1, 0.15) is 0 Å². The third kappa shape index (κ3) is 0.680. The molecule has 1 saturated heterocycles. The molecule has 0 spiro atoms. The lowest BCUT2D eigenvalue weighted by Gasteiger charge is -1.86. The summed E-state index contributed by atoms with van der Waals surface area (Å²) in [6.45, 7) is 1.08. The standard InChI is InChI=1S/C3H7NO2/c4-3-1-5-6-2-3/h3H,1-2,4H2. The van der Waals surface area contributed by atoms with Gasteiger partial charge in [-0.05, 0) is 0 Å². The summed E-state index contributed by atoms with van der Waals surface area (Å²) < 4.78 is 0. The maximum Gasteiger partial charge on any atom is 0.0997 e. The molecule has 0 amide bonds. The molecule has 0 aromatic carbocycles. The van der Waals surface area contributed by atoms with Gasteiger partial charge in [0.2, 0.25) is 0 Å². The van der Waals surface area contributed by atoms with Crippen molar-refractivity contribution in [1.29, 1.82) is 0 Å². The van der Waals surface area contributed by atoms with Crippen LogP contribution in [0.15, 0.2) is 0 Å². The summed E-state index contributed by atoms with van der Waals surface area (Å²) in [5, 5.41) is 0. The second-order valence-electron chi connectivity index (χ2n) is 1.33. The van der Waals surface area contributed by atoms with E-state index in [9.17, 15) is 0 Å². The molecule has 2 N–H and O–H groups in total. The van der Waals surface area contributed by atoms with Crippen LogP contribution in [0, 0.1) is 0 Å². The average Bonchev–Trinajstić information content (AvgIpc) is 1.86. The Labute approximate surface area is 36.0 Å². The minimum Gasteiger partial charge on any atom is -0.324 e. The molecule has 3 nitrogen and oxygen atoms in total. The van der Waals surface area contributed by atoms with Gasteiger partial charge in [0.1, 0.15) is 0 Å². The van der Waals surface area contributed by atoms with Crippen LogP contribution in [0.3, 0.4) is 0 Å². The lowest BCUT2D eigenvalue weighted by Crippen LogP contribution is -2.22. The van der Waals surface area contributed by atoms with Crippen molar-refractivity contribution in [3.8, 4) is 0 Å². The second-order valence-corrected chi connectivity index (χ2v) is 1.33. The Morgan fingerprint density at radius 3 is 2.00 bits per heavy atom. The van der Waals surface area contributed by atoms with Gasteiger partial charge in [-0.15, -0.1) is 0 Å². The highest BCUT2D eigenvalue weighted by atomic mass is 17.2. The molecule has 0 radical (unpaired) electrons. The molecule has 1 heterocycles. The Morgan fingerprint density at radius 2 is 1.83 bits per heavy atom. The number of rotatable bonds is 0. The van der Waals surface area contributed by atoms with Gasteiger partial charge in [-0.1, -0.05) is 0 Å². The number of hydrogen-bond acceptors (Lipinski definition) is 3. The molecule has 1 rings (SSSR count). The maximum absolute atomic E-state index is 5.28. The molecular formula is C3H7NO2. The van der Waals surface area contributed by atoms with E-state index < -0.39 is 0 Å². The molecule has 6 heavy (non-hydrogen) atoms. The first-order chi connectivity index (χ1) is 2.89. The van der Waals surface area contributed by atoms with Gasteiger partial charge in [-0.25, -0.2) is 9.78 Å². The summed E-state index contributed by atoms with van der Waals surface area (Å²) in [5.41, 5.74) is 5.28. The molecule has 0 atom stereocenters. The van der Waals surface area contributed by atoms with E-state index in [0.717, 1.165) is 0 Å². The van der Waals surface area contributed by atoms with Gasteiger partial charge in [-0.2, -0.15) is 0 Å². The summed E-state index contributed by atoms with van der Waals surface area (Å²) in [7, 11) is 0. The number of nitrogens with two attached hydrogens (primary N) is 1. The Morgan fingerprint density at radius 1 is 1.33 bits per heavy atom. The molecule has 36 valence electrons. The first-order valence-electron chi connectivity index (χ1n) is 1.89. The normalized spacial score (nSPS) is 25.5. The van der Waals surface area contributed by atoms with Gasteiger partial charge in [0.25, 0.3) is 0 Å². The molecule has 1 fully saturated rings. The Kier molecular flexibility index (Phi) is 1.05. The van der Waals surface area contributed by atoms with E-state index >= 15 is 0 Å². The van der Waals surface area contributed by atoms with Gasteiger partial charge < -0.3 is 5.73 Å². The highest BCUT2D eigenvalue weighted by Crippen LogP contribution is 1.93. The van der Waals surface area contributed by atoms with E-state index in [0.29, 0.717) is 13.2 Å². The molecule has 3 heteroatoms. The predicted octanol–water partition coefficient (Wildman–Crippen LogP) is -0.725. The van der Waals surface area contributed by atoms with Crippen molar-refractivity contribution in [3.63, 3.8) is 0 Å². The van der Waals surface area contributed by atoms with Gasteiger partial charge >= 0.3 is 0 Å². The fraction of sp³-hybridized carbons (Fsp3) is 1.00. The quantitative estimate of drug-likeness (QED) is 0.398. The molecule has 0 unspecified atom stereocenters. The van der Waals surface area contributed by atoms with E-state index in [2.05, 4.69) is 9.78 Å². The zero-order valence-electron chi connectivity index (χ0n) is 3.39. The van der Waals surface area contributed by atoms with Crippen LogP contribution in [0.5, 0.6) is 0 Å². The van der Waals surface area contributed by atoms with Crippen LogP contribution in [0.4, 0.5) is 0 Å². The zero-order valence-corrected chi connectivity index (χ0v) is 3.39. The fourth-order valence-electron chi connectivity index (χ4n) is 0.319. The van der Waals surface area contributed by atoms with Gasteiger partial charge in [-0.3, -0.25) is 0 Å². The molecule has 0 aliphatic carbocycles. The second kappa shape index (κ2) is 1.55. The van der Waals surface area contributed by atoms with E-state index in [-0.39, 0.29) is 6.04 Å². The van der Waals surface area contributed by atoms with Crippen LogP contribution in [-0.4, -0.2) is 19.3 Å². The molecule has 0 bridgehead atoms. The van der Waals surface area contributed by atoms with E-state index in [1.165, 1.54) is 0 Å². The van der Waals surface area contributed by atoms with Crippen LogP contribution in [-0.2, 0) is 9.78 Å². The maximum atomic E-state index is 5.28. The molecule has 0 aromatic heterocycles. The zero-order chi connectivity index (χ0) is 4.41. The van der Waals surface area contributed by atoms with E-state index in [1.807, 2.05) is 0 Å². The first kappa shape index (κ1) is 4.05. The Bertz CT molecular complexity index is 42.1. The SMILES string of the molecule is NC1COOC1. The first-order valence-corrected chi connectivity index (χ1v) is 1.89. The predicted molar refractivity (Wildman–Crippen MR) is 19.9 cm³/mol. The van der Waals surface area contributed by atoms with Crippen molar-refractivity contribution in [1.82, 2.24) is 0 Å².